The number of carboxylic acid groups (broad SMARTS) is 1. The first-order chi connectivity index (χ1) is 9.65. The molecule has 8 heteroatoms. The van der Waals surface area contributed by atoms with Gasteiger partial charge in [0.25, 0.3) is 0 Å². The average Bonchev–Trinajstić information content (AvgIpc) is 2.80. The molecule has 2 unspecified atom stereocenters. The zero-order chi connectivity index (χ0) is 15.8. The maximum Gasteiger partial charge on any atom is 0.422 e. The molecule has 3 N–H and O–H groups in total. The summed E-state index contributed by atoms with van der Waals surface area (Å²) in [5.74, 6) is -3.16. The summed E-state index contributed by atoms with van der Waals surface area (Å²) in [7, 11) is 0. The minimum atomic E-state index is -5.10. The van der Waals surface area contributed by atoms with Crippen LogP contribution in [0.3, 0.4) is 0 Å². The number of hydrogen-bond acceptors (Lipinski definition) is 3. The maximum atomic E-state index is 12.8. The summed E-state index contributed by atoms with van der Waals surface area (Å²) < 4.78 is 38.5. The number of fused-ring (bicyclic) bond motifs is 1. The topological polar surface area (TPSA) is 78.4 Å². The predicted molar refractivity (Wildman–Crippen MR) is 67.8 cm³/mol. The second-order valence-electron chi connectivity index (χ2n) is 4.98. The smallest absolute Gasteiger partial charge is 0.422 e. The van der Waals surface area contributed by atoms with Crippen LogP contribution in [0.4, 0.5) is 18.9 Å². The Hall–Kier alpha value is -2.25. The molecule has 2 atom stereocenters. The Morgan fingerprint density at radius 1 is 1.33 bits per heavy atom. The normalized spacial score (nSPS) is 20.1. The number of rotatable bonds is 3. The summed E-state index contributed by atoms with van der Waals surface area (Å²) in [4.78, 5) is 22.8. The van der Waals surface area contributed by atoms with E-state index in [2.05, 4.69) is 5.32 Å². The first-order valence-corrected chi connectivity index (χ1v) is 6.12. The van der Waals surface area contributed by atoms with Gasteiger partial charge in [0.1, 0.15) is 6.04 Å². The van der Waals surface area contributed by atoms with Crippen LogP contribution in [-0.2, 0) is 16.0 Å². The van der Waals surface area contributed by atoms with Gasteiger partial charge in [0.15, 0.2) is 0 Å². The monoisotopic (exact) mass is 302 g/mol. The first kappa shape index (κ1) is 15.1. The van der Waals surface area contributed by atoms with Gasteiger partial charge in [-0.1, -0.05) is 18.2 Å². The molecule has 21 heavy (non-hydrogen) atoms. The summed E-state index contributed by atoms with van der Waals surface area (Å²) in [5, 5.41) is 13.1. The average molecular weight is 302 g/mol. The van der Waals surface area contributed by atoms with Crippen molar-refractivity contribution in [1.82, 2.24) is 5.32 Å². The summed E-state index contributed by atoms with van der Waals surface area (Å²) in [6.07, 6.45) is -4.89. The highest BCUT2D eigenvalue weighted by Crippen LogP contribution is 2.31. The molecule has 1 aromatic carbocycles. The minimum Gasteiger partial charge on any atom is -0.479 e. The fourth-order valence-corrected chi connectivity index (χ4v) is 2.04. The molecule has 1 aliphatic rings. The molecule has 1 heterocycles. The lowest BCUT2D eigenvalue weighted by molar-refractivity contribution is -0.207. The number of para-hydroxylation sites is 1. The van der Waals surface area contributed by atoms with E-state index in [9.17, 15) is 22.8 Å². The molecule has 0 saturated heterocycles. The SMILES string of the molecule is CC(NC(=O)C1Cc2ccccc2N1)(C(=O)O)C(F)(F)F. The Labute approximate surface area is 118 Å². The number of anilines is 1. The van der Waals surface area contributed by atoms with Crippen molar-refractivity contribution in [2.45, 2.75) is 31.1 Å². The van der Waals surface area contributed by atoms with E-state index in [0.717, 1.165) is 5.56 Å². The van der Waals surface area contributed by atoms with Crippen LogP contribution < -0.4 is 10.6 Å². The van der Waals surface area contributed by atoms with E-state index in [1.54, 1.807) is 29.6 Å². The summed E-state index contributed by atoms with van der Waals surface area (Å²) in [6.45, 7) is 0.426. The van der Waals surface area contributed by atoms with Crippen LogP contribution in [0.15, 0.2) is 24.3 Å². The largest absolute Gasteiger partial charge is 0.479 e. The third kappa shape index (κ3) is 2.65. The molecule has 1 aromatic rings. The van der Waals surface area contributed by atoms with Crippen molar-refractivity contribution in [3.05, 3.63) is 29.8 Å². The molecule has 1 amide bonds. The van der Waals surface area contributed by atoms with Gasteiger partial charge in [-0.15, -0.1) is 0 Å². The van der Waals surface area contributed by atoms with Crippen molar-refractivity contribution in [2.24, 2.45) is 0 Å². The minimum absolute atomic E-state index is 0.204. The molecule has 0 aliphatic carbocycles. The van der Waals surface area contributed by atoms with E-state index in [4.69, 9.17) is 5.11 Å². The third-order valence-electron chi connectivity index (χ3n) is 3.46. The Morgan fingerprint density at radius 2 is 1.95 bits per heavy atom. The molecular weight excluding hydrogens is 289 g/mol. The molecule has 2 rings (SSSR count). The predicted octanol–water partition coefficient (Wildman–Crippen LogP) is 1.54. The lowest BCUT2D eigenvalue weighted by atomic mass is 10.0. The second kappa shape index (κ2) is 4.94. The van der Waals surface area contributed by atoms with Gasteiger partial charge in [-0.05, 0) is 18.6 Å². The lowest BCUT2D eigenvalue weighted by Gasteiger charge is -2.29. The van der Waals surface area contributed by atoms with E-state index in [1.165, 1.54) is 0 Å². The van der Waals surface area contributed by atoms with Crippen molar-refractivity contribution in [2.75, 3.05) is 5.32 Å². The summed E-state index contributed by atoms with van der Waals surface area (Å²) in [6, 6.07) is 5.99. The molecule has 0 bridgehead atoms. The molecule has 114 valence electrons. The van der Waals surface area contributed by atoms with Crippen molar-refractivity contribution in [3.63, 3.8) is 0 Å². The van der Waals surface area contributed by atoms with Crippen molar-refractivity contribution < 1.29 is 27.9 Å². The Kier molecular flexibility index (Phi) is 3.56. The highest BCUT2D eigenvalue weighted by atomic mass is 19.4. The lowest BCUT2D eigenvalue weighted by Crippen LogP contribution is -2.63. The van der Waals surface area contributed by atoms with Gasteiger partial charge in [0, 0.05) is 12.1 Å². The summed E-state index contributed by atoms with van der Waals surface area (Å²) >= 11 is 0. The van der Waals surface area contributed by atoms with Crippen molar-refractivity contribution >= 4 is 17.6 Å². The van der Waals surface area contributed by atoms with Crippen molar-refractivity contribution in [1.29, 1.82) is 0 Å². The number of hydrogen-bond donors (Lipinski definition) is 3. The van der Waals surface area contributed by atoms with Crippen LogP contribution >= 0.6 is 0 Å². The van der Waals surface area contributed by atoms with E-state index in [0.29, 0.717) is 12.6 Å². The number of alkyl halides is 3. The molecule has 0 aromatic heterocycles. The Morgan fingerprint density at radius 3 is 2.48 bits per heavy atom. The second-order valence-corrected chi connectivity index (χ2v) is 4.98. The fraction of sp³-hybridized carbons (Fsp3) is 0.385. The maximum absolute atomic E-state index is 12.8. The zero-order valence-corrected chi connectivity index (χ0v) is 11.0. The van der Waals surface area contributed by atoms with Gasteiger partial charge >= 0.3 is 12.1 Å². The van der Waals surface area contributed by atoms with E-state index < -0.39 is 29.6 Å². The Bertz CT molecular complexity index is 563. The van der Waals surface area contributed by atoms with Crippen LogP contribution in [0.5, 0.6) is 0 Å². The van der Waals surface area contributed by atoms with Gasteiger partial charge in [0.05, 0.1) is 0 Å². The third-order valence-corrected chi connectivity index (χ3v) is 3.46. The van der Waals surface area contributed by atoms with Gasteiger partial charge < -0.3 is 15.7 Å². The Balaban J connectivity index is 2.14. The van der Waals surface area contributed by atoms with Gasteiger partial charge in [-0.3, -0.25) is 4.79 Å². The van der Waals surface area contributed by atoms with Crippen LogP contribution in [0.1, 0.15) is 12.5 Å². The number of benzene rings is 1. The molecule has 5 nitrogen and oxygen atoms in total. The number of nitrogens with one attached hydrogen (secondary N) is 2. The van der Waals surface area contributed by atoms with E-state index >= 15 is 0 Å². The van der Waals surface area contributed by atoms with E-state index in [1.807, 2.05) is 0 Å². The van der Waals surface area contributed by atoms with Crippen molar-refractivity contribution in [3.8, 4) is 0 Å². The van der Waals surface area contributed by atoms with Gasteiger partial charge in [0.2, 0.25) is 11.4 Å². The van der Waals surface area contributed by atoms with Gasteiger partial charge in [-0.2, -0.15) is 13.2 Å². The highest BCUT2D eigenvalue weighted by molar-refractivity contribution is 5.92. The number of carboxylic acids is 1. The van der Waals surface area contributed by atoms with Crippen LogP contribution in [-0.4, -0.2) is 34.7 Å². The van der Waals surface area contributed by atoms with E-state index in [-0.39, 0.29) is 6.42 Å². The van der Waals surface area contributed by atoms with Crippen LogP contribution in [0, 0.1) is 0 Å². The molecular formula is C13H13F3N2O3. The molecule has 0 spiro atoms. The first-order valence-electron chi connectivity index (χ1n) is 6.12. The van der Waals surface area contributed by atoms with Gasteiger partial charge in [-0.25, -0.2) is 4.79 Å². The zero-order valence-electron chi connectivity index (χ0n) is 11.0. The number of carbonyl (C=O) groups excluding carboxylic acids is 1. The molecule has 0 saturated carbocycles. The standard InChI is InChI=1S/C13H13F3N2O3/c1-12(11(20)21,13(14,15)16)18-10(19)9-6-7-4-2-3-5-8(7)17-9/h2-5,9,17H,6H2,1H3,(H,18,19)(H,20,21). The fourth-order valence-electron chi connectivity index (χ4n) is 2.04. The number of amides is 1. The number of carbonyl (C=O) groups is 2. The highest BCUT2D eigenvalue weighted by Gasteiger charge is 2.59. The molecule has 1 aliphatic heterocycles. The van der Waals surface area contributed by atoms with Crippen LogP contribution in [0.2, 0.25) is 0 Å². The molecule has 0 radical (unpaired) electrons. The molecule has 0 fully saturated rings. The summed E-state index contributed by atoms with van der Waals surface area (Å²) in [5.41, 5.74) is -1.87. The van der Waals surface area contributed by atoms with Crippen LogP contribution in [0.25, 0.3) is 0 Å². The number of halogens is 3. The number of aliphatic carboxylic acids is 1. The quantitative estimate of drug-likeness (QED) is 0.791.